The molecule has 0 spiro atoms. The van der Waals surface area contributed by atoms with Gasteiger partial charge in [-0.25, -0.2) is 14.5 Å². The fraction of sp³-hybridized carbons (Fsp3) is 0.200. The lowest BCUT2D eigenvalue weighted by Crippen LogP contribution is -2.39. The summed E-state index contributed by atoms with van der Waals surface area (Å²) in [5.41, 5.74) is 7.26. The van der Waals surface area contributed by atoms with Crippen molar-refractivity contribution in [2.75, 3.05) is 7.11 Å². The van der Waals surface area contributed by atoms with E-state index >= 15 is 0 Å². The molecule has 0 saturated heterocycles. The minimum absolute atomic E-state index is 0.224. The molecular weight excluding hydrogens is 556 g/mol. The maximum absolute atomic E-state index is 14.2. The Labute approximate surface area is 253 Å². The number of nitrogens with zero attached hydrogens (tertiary/aromatic N) is 4. The number of para-hydroxylation sites is 1. The fourth-order valence-electron chi connectivity index (χ4n) is 5.35. The SMILES string of the molecule is COC(=O)C1=C(C)N=c2s/c(=C\c3cn(-c4ccccc4)nc3-c3ccc(C)cc3)c(=O)n2[C@H]1c1ccc(C(C)C)cc1. The van der Waals surface area contributed by atoms with E-state index in [1.54, 1.807) is 11.5 Å². The lowest BCUT2D eigenvalue weighted by atomic mass is 9.93. The van der Waals surface area contributed by atoms with Crippen LogP contribution in [0.25, 0.3) is 23.0 Å². The van der Waals surface area contributed by atoms with Gasteiger partial charge in [0.15, 0.2) is 4.80 Å². The monoisotopic (exact) mass is 588 g/mol. The number of hydrogen-bond donors (Lipinski definition) is 0. The first-order valence-electron chi connectivity index (χ1n) is 14.2. The quantitative estimate of drug-likeness (QED) is 0.239. The second-order valence-corrected chi connectivity index (χ2v) is 12.0. The van der Waals surface area contributed by atoms with Gasteiger partial charge >= 0.3 is 5.97 Å². The van der Waals surface area contributed by atoms with Crippen LogP contribution in [-0.2, 0) is 9.53 Å². The zero-order valence-electron chi connectivity index (χ0n) is 24.7. The van der Waals surface area contributed by atoms with Crippen molar-refractivity contribution in [1.82, 2.24) is 14.3 Å². The Morgan fingerprint density at radius 1 is 0.977 bits per heavy atom. The number of hydrogen-bond acceptors (Lipinski definition) is 6. The van der Waals surface area contributed by atoms with Crippen molar-refractivity contribution >= 4 is 23.4 Å². The predicted molar refractivity (Wildman–Crippen MR) is 170 cm³/mol. The van der Waals surface area contributed by atoms with Gasteiger partial charge in [-0.2, -0.15) is 5.10 Å². The summed E-state index contributed by atoms with van der Waals surface area (Å²) in [6, 6.07) is 25.5. The normalized spacial score (nSPS) is 15.0. The second-order valence-electron chi connectivity index (χ2n) is 11.0. The van der Waals surface area contributed by atoms with Crippen LogP contribution in [0.15, 0.2) is 106 Å². The van der Waals surface area contributed by atoms with Gasteiger partial charge in [-0.15, -0.1) is 0 Å². The Morgan fingerprint density at radius 2 is 1.67 bits per heavy atom. The van der Waals surface area contributed by atoms with Gasteiger partial charge in [-0.05, 0) is 49.1 Å². The van der Waals surface area contributed by atoms with Gasteiger partial charge in [0, 0.05) is 17.3 Å². The molecule has 1 aliphatic rings. The van der Waals surface area contributed by atoms with Crippen LogP contribution in [0.1, 0.15) is 55.0 Å². The van der Waals surface area contributed by atoms with E-state index in [4.69, 9.17) is 14.8 Å². The number of thiazole rings is 1. The molecule has 3 aromatic carbocycles. The summed E-state index contributed by atoms with van der Waals surface area (Å²) in [7, 11) is 1.35. The summed E-state index contributed by atoms with van der Waals surface area (Å²) < 4.78 is 9.11. The van der Waals surface area contributed by atoms with E-state index in [0.717, 1.165) is 33.6 Å². The Bertz CT molecular complexity index is 2030. The van der Waals surface area contributed by atoms with Crippen molar-refractivity contribution in [1.29, 1.82) is 0 Å². The van der Waals surface area contributed by atoms with E-state index in [0.29, 0.717) is 26.5 Å². The number of carbonyl (C=O) groups excluding carboxylic acids is 1. The van der Waals surface area contributed by atoms with Gasteiger partial charge in [0.2, 0.25) is 0 Å². The van der Waals surface area contributed by atoms with Crippen molar-refractivity contribution < 1.29 is 9.53 Å². The summed E-state index contributed by atoms with van der Waals surface area (Å²) in [5.74, 6) is -0.146. The number of benzene rings is 3. The fourth-order valence-corrected chi connectivity index (χ4v) is 6.39. The van der Waals surface area contributed by atoms with E-state index in [1.165, 1.54) is 24.0 Å². The van der Waals surface area contributed by atoms with Crippen molar-refractivity contribution in [3.05, 3.63) is 138 Å². The molecule has 5 aromatic rings. The third kappa shape index (κ3) is 5.30. The number of carbonyl (C=O) groups is 1. The molecule has 8 heteroatoms. The van der Waals surface area contributed by atoms with Crippen LogP contribution in [0.4, 0.5) is 0 Å². The number of esters is 1. The second kappa shape index (κ2) is 11.5. The Kier molecular flexibility index (Phi) is 7.54. The van der Waals surface area contributed by atoms with Crippen LogP contribution in [0, 0.1) is 6.92 Å². The number of rotatable bonds is 6. The van der Waals surface area contributed by atoms with E-state index in [9.17, 15) is 9.59 Å². The number of allylic oxidation sites excluding steroid dienone is 1. The molecule has 43 heavy (non-hydrogen) atoms. The highest BCUT2D eigenvalue weighted by Crippen LogP contribution is 2.31. The average molecular weight is 589 g/mol. The topological polar surface area (TPSA) is 78.5 Å². The largest absolute Gasteiger partial charge is 0.466 e. The maximum atomic E-state index is 14.2. The molecule has 0 amide bonds. The van der Waals surface area contributed by atoms with E-state index in [1.807, 2.05) is 90.6 Å². The van der Waals surface area contributed by atoms with Gasteiger partial charge in [0.1, 0.15) is 0 Å². The third-order valence-electron chi connectivity index (χ3n) is 7.72. The zero-order chi connectivity index (χ0) is 30.2. The molecule has 0 saturated carbocycles. The summed E-state index contributed by atoms with van der Waals surface area (Å²) in [4.78, 5) is 32.5. The lowest BCUT2D eigenvalue weighted by molar-refractivity contribution is -0.136. The molecule has 0 radical (unpaired) electrons. The number of methoxy groups -OCH3 is 1. The molecule has 1 atom stereocenters. The molecule has 216 valence electrons. The zero-order valence-corrected chi connectivity index (χ0v) is 25.6. The highest BCUT2D eigenvalue weighted by atomic mass is 32.1. The molecule has 1 aliphatic heterocycles. The molecule has 6 rings (SSSR count). The molecule has 3 heterocycles. The van der Waals surface area contributed by atoms with Gasteiger partial charge in [0.25, 0.3) is 5.56 Å². The van der Waals surface area contributed by atoms with Crippen LogP contribution in [0.2, 0.25) is 0 Å². The van der Waals surface area contributed by atoms with E-state index in [-0.39, 0.29) is 5.56 Å². The van der Waals surface area contributed by atoms with Gasteiger partial charge < -0.3 is 4.74 Å². The first-order valence-corrected chi connectivity index (χ1v) is 15.0. The van der Waals surface area contributed by atoms with Crippen LogP contribution in [0.5, 0.6) is 0 Å². The highest BCUT2D eigenvalue weighted by Gasteiger charge is 2.33. The van der Waals surface area contributed by atoms with Crippen LogP contribution < -0.4 is 14.9 Å². The Hall–Kier alpha value is -4.82. The van der Waals surface area contributed by atoms with E-state index in [2.05, 4.69) is 26.0 Å². The smallest absolute Gasteiger partial charge is 0.338 e. The molecule has 0 bridgehead atoms. The average Bonchev–Trinajstić information content (AvgIpc) is 3.57. The summed E-state index contributed by atoms with van der Waals surface area (Å²) in [6.07, 6.45) is 3.82. The number of fused-ring (bicyclic) bond motifs is 1. The Morgan fingerprint density at radius 3 is 2.33 bits per heavy atom. The lowest BCUT2D eigenvalue weighted by Gasteiger charge is -2.24. The number of ether oxygens (including phenoxy) is 1. The molecule has 0 N–H and O–H groups in total. The number of aryl methyl sites for hydroxylation is 1. The molecule has 0 fully saturated rings. The van der Waals surface area contributed by atoms with Crippen LogP contribution >= 0.6 is 11.3 Å². The third-order valence-corrected chi connectivity index (χ3v) is 8.70. The molecular formula is C35H32N4O3S. The van der Waals surface area contributed by atoms with Crippen LogP contribution in [-0.4, -0.2) is 27.4 Å². The minimum Gasteiger partial charge on any atom is -0.466 e. The predicted octanol–water partition coefficient (Wildman–Crippen LogP) is 5.69. The van der Waals surface area contributed by atoms with Crippen molar-refractivity contribution in [3.8, 4) is 16.9 Å². The van der Waals surface area contributed by atoms with Gasteiger partial charge in [0.05, 0.1) is 40.3 Å². The van der Waals surface area contributed by atoms with Gasteiger partial charge in [-0.1, -0.05) is 97.5 Å². The molecule has 2 aromatic heterocycles. The standard InChI is InChI=1S/C35H32N4O3S/c1-21(2)24-15-17-26(18-16-24)32-30(34(41)42-5)23(4)36-35-39(32)33(40)29(43-35)19-27-20-38(28-9-7-6-8-10-28)37-31(27)25-13-11-22(3)12-14-25/h6-21,32H,1-5H3/b29-19-/t32-/m0/s1. The summed E-state index contributed by atoms with van der Waals surface area (Å²) in [6.45, 7) is 8.10. The molecule has 0 unspecified atom stereocenters. The Balaban J connectivity index is 1.55. The van der Waals surface area contributed by atoms with Crippen molar-refractivity contribution in [3.63, 3.8) is 0 Å². The maximum Gasteiger partial charge on any atom is 0.338 e. The van der Waals surface area contributed by atoms with E-state index < -0.39 is 12.0 Å². The van der Waals surface area contributed by atoms with Gasteiger partial charge in [-0.3, -0.25) is 9.36 Å². The minimum atomic E-state index is -0.657. The first-order chi connectivity index (χ1) is 20.7. The summed E-state index contributed by atoms with van der Waals surface area (Å²) in [5, 5.41) is 4.92. The summed E-state index contributed by atoms with van der Waals surface area (Å²) >= 11 is 1.30. The van der Waals surface area contributed by atoms with Crippen LogP contribution in [0.3, 0.4) is 0 Å². The molecule has 7 nitrogen and oxygen atoms in total. The highest BCUT2D eigenvalue weighted by molar-refractivity contribution is 7.07. The first kappa shape index (κ1) is 28.3. The van der Waals surface area contributed by atoms with Crippen molar-refractivity contribution in [2.45, 2.75) is 39.7 Å². The molecule has 0 aliphatic carbocycles. The van der Waals surface area contributed by atoms with Crippen molar-refractivity contribution in [2.24, 2.45) is 4.99 Å². The number of aromatic nitrogens is 3.